The molecule has 0 radical (unpaired) electrons. The Kier molecular flexibility index (Phi) is 6.91. The second-order valence-electron chi connectivity index (χ2n) is 6.14. The van der Waals surface area contributed by atoms with E-state index >= 15 is 0 Å². The standard InChI is InChI=1S/C15H29N3.HI/c1-4-12(3)18-14(16-5-2)17-11-15(9-6-10-15)13-7-8-13;/h12-13H,4-11H2,1-3H3,(H2,16,17,18);1H. The van der Waals surface area contributed by atoms with Gasteiger partial charge in [-0.25, -0.2) is 0 Å². The van der Waals surface area contributed by atoms with Crippen molar-refractivity contribution in [2.45, 2.75) is 65.3 Å². The van der Waals surface area contributed by atoms with Crippen molar-refractivity contribution in [3.05, 3.63) is 0 Å². The lowest BCUT2D eigenvalue weighted by molar-refractivity contribution is 0.113. The van der Waals surface area contributed by atoms with Gasteiger partial charge in [-0.2, -0.15) is 0 Å². The van der Waals surface area contributed by atoms with Gasteiger partial charge in [-0.05, 0) is 57.3 Å². The molecule has 2 N–H and O–H groups in total. The average Bonchev–Trinajstić information content (AvgIpc) is 3.12. The summed E-state index contributed by atoms with van der Waals surface area (Å²) in [5.74, 6) is 2.00. The fourth-order valence-corrected chi connectivity index (χ4v) is 2.91. The van der Waals surface area contributed by atoms with E-state index in [4.69, 9.17) is 4.99 Å². The summed E-state index contributed by atoms with van der Waals surface area (Å²) in [7, 11) is 0. The number of nitrogens with one attached hydrogen (secondary N) is 2. The van der Waals surface area contributed by atoms with E-state index in [1.165, 1.54) is 32.1 Å². The maximum Gasteiger partial charge on any atom is 0.191 e. The van der Waals surface area contributed by atoms with Crippen LogP contribution in [0.3, 0.4) is 0 Å². The first kappa shape index (κ1) is 17.1. The van der Waals surface area contributed by atoms with Crippen molar-refractivity contribution in [1.29, 1.82) is 0 Å². The predicted octanol–water partition coefficient (Wildman–Crippen LogP) is 3.54. The summed E-state index contributed by atoms with van der Waals surface area (Å²) >= 11 is 0. The van der Waals surface area contributed by atoms with E-state index in [2.05, 4.69) is 31.4 Å². The zero-order chi connectivity index (χ0) is 13.0. The van der Waals surface area contributed by atoms with Crippen LogP contribution in [-0.4, -0.2) is 25.1 Å². The molecule has 4 heteroatoms. The van der Waals surface area contributed by atoms with Crippen molar-refractivity contribution in [2.24, 2.45) is 16.3 Å². The van der Waals surface area contributed by atoms with Gasteiger partial charge in [-0.3, -0.25) is 4.99 Å². The Labute approximate surface area is 135 Å². The SMILES string of the molecule is CCNC(=NCC1(C2CC2)CCC1)NC(C)CC.I. The average molecular weight is 379 g/mol. The van der Waals surface area contributed by atoms with E-state index in [1.54, 1.807) is 0 Å². The highest BCUT2D eigenvalue weighted by Gasteiger charge is 2.48. The zero-order valence-corrected chi connectivity index (χ0v) is 15.0. The minimum atomic E-state index is 0. The first-order valence-electron chi connectivity index (χ1n) is 7.75. The number of hydrogen-bond acceptors (Lipinski definition) is 1. The molecule has 0 heterocycles. The van der Waals surface area contributed by atoms with Gasteiger partial charge in [-0.1, -0.05) is 13.3 Å². The molecule has 19 heavy (non-hydrogen) atoms. The molecule has 0 aromatic carbocycles. The Morgan fingerprint density at radius 1 is 1.32 bits per heavy atom. The summed E-state index contributed by atoms with van der Waals surface area (Å²) in [6.07, 6.45) is 8.27. The van der Waals surface area contributed by atoms with E-state index in [-0.39, 0.29) is 24.0 Å². The summed E-state index contributed by atoms with van der Waals surface area (Å²) in [6.45, 7) is 8.53. The van der Waals surface area contributed by atoms with E-state index in [1.807, 2.05) is 0 Å². The number of rotatable bonds is 6. The third kappa shape index (κ3) is 4.50. The second kappa shape index (κ2) is 7.70. The maximum absolute atomic E-state index is 4.85. The van der Waals surface area contributed by atoms with Crippen LogP contribution in [0, 0.1) is 11.3 Å². The number of halogens is 1. The van der Waals surface area contributed by atoms with Gasteiger partial charge >= 0.3 is 0 Å². The van der Waals surface area contributed by atoms with Gasteiger partial charge < -0.3 is 10.6 Å². The van der Waals surface area contributed by atoms with Crippen molar-refractivity contribution in [3.8, 4) is 0 Å². The smallest absolute Gasteiger partial charge is 0.191 e. The molecule has 2 rings (SSSR count). The molecule has 2 saturated carbocycles. The monoisotopic (exact) mass is 379 g/mol. The van der Waals surface area contributed by atoms with Crippen LogP contribution in [0.15, 0.2) is 4.99 Å². The lowest BCUT2D eigenvalue weighted by Crippen LogP contribution is -2.43. The van der Waals surface area contributed by atoms with E-state index in [0.29, 0.717) is 11.5 Å². The van der Waals surface area contributed by atoms with Gasteiger partial charge in [0, 0.05) is 19.1 Å². The Balaban J connectivity index is 0.00000180. The number of nitrogens with zero attached hydrogens (tertiary/aromatic N) is 1. The molecule has 2 fully saturated rings. The van der Waals surface area contributed by atoms with Crippen molar-refractivity contribution in [2.75, 3.05) is 13.1 Å². The van der Waals surface area contributed by atoms with Crippen LogP contribution in [0.25, 0.3) is 0 Å². The van der Waals surface area contributed by atoms with Crippen LogP contribution < -0.4 is 10.6 Å². The van der Waals surface area contributed by atoms with Gasteiger partial charge in [0.2, 0.25) is 0 Å². The summed E-state index contributed by atoms with van der Waals surface area (Å²) in [5, 5.41) is 6.85. The molecule has 3 nitrogen and oxygen atoms in total. The van der Waals surface area contributed by atoms with Crippen LogP contribution in [0.4, 0.5) is 0 Å². The first-order chi connectivity index (χ1) is 8.70. The Bertz CT molecular complexity index is 296. The molecule has 0 amide bonds. The maximum atomic E-state index is 4.85. The molecular weight excluding hydrogens is 349 g/mol. The van der Waals surface area contributed by atoms with Crippen LogP contribution in [0.1, 0.15) is 59.3 Å². The number of hydrogen-bond donors (Lipinski definition) is 2. The largest absolute Gasteiger partial charge is 0.357 e. The minimum absolute atomic E-state index is 0. The first-order valence-corrected chi connectivity index (χ1v) is 7.75. The molecule has 2 aliphatic carbocycles. The third-order valence-corrected chi connectivity index (χ3v) is 4.68. The molecule has 0 aliphatic heterocycles. The summed E-state index contributed by atoms with van der Waals surface area (Å²) < 4.78 is 0. The highest BCUT2D eigenvalue weighted by molar-refractivity contribution is 14.0. The predicted molar refractivity (Wildman–Crippen MR) is 93.3 cm³/mol. The molecule has 1 unspecified atom stereocenters. The fraction of sp³-hybridized carbons (Fsp3) is 0.933. The Morgan fingerprint density at radius 2 is 2.00 bits per heavy atom. The highest BCUT2D eigenvalue weighted by Crippen LogP contribution is 2.57. The van der Waals surface area contributed by atoms with Crippen molar-refractivity contribution < 1.29 is 0 Å². The number of aliphatic imine (C=N–C) groups is 1. The Morgan fingerprint density at radius 3 is 2.42 bits per heavy atom. The Hall–Kier alpha value is 0. The normalized spacial score (nSPS) is 23.0. The summed E-state index contributed by atoms with van der Waals surface area (Å²) in [5.41, 5.74) is 0.581. The molecular formula is C15H30IN3. The molecule has 2 aliphatic rings. The van der Waals surface area contributed by atoms with Crippen molar-refractivity contribution >= 4 is 29.9 Å². The van der Waals surface area contributed by atoms with Crippen LogP contribution in [0.2, 0.25) is 0 Å². The quantitative estimate of drug-likeness (QED) is 0.421. The molecule has 0 spiro atoms. The van der Waals surface area contributed by atoms with Crippen LogP contribution in [-0.2, 0) is 0 Å². The van der Waals surface area contributed by atoms with Gasteiger partial charge in [-0.15, -0.1) is 24.0 Å². The summed E-state index contributed by atoms with van der Waals surface area (Å²) in [6, 6.07) is 0.501. The van der Waals surface area contributed by atoms with E-state index < -0.39 is 0 Å². The fourth-order valence-electron chi connectivity index (χ4n) is 2.91. The van der Waals surface area contributed by atoms with E-state index in [9.17, 15) is 0 Å². The highest BCUT2D eigenvalue weighted by atomic mass is 127. The molecule has 0 bridgehead atoms. The molecule has 0 aromatic rings. The van der Waals surface area contributed by atoms with Crippen molar-refractivity contribution in [3.63, 3.8) is 0 Å². The number of guanidine groups is 1. The van der Waals surface area contributed by atoms with Gasteiger partial charge in [0.25, 0.3) is 0 Å². The molecule has 0 saturated heterocycles. The lowest BCUT2D eigenvalue weighted by Gasteiger charge is -2.41. The third-order valence-electron chi connectivity index (χ3n) is 4.68. The zero-order valence-electron chi connectivity index (χ0n) is 12.7. The van der Waals surface area contributed by atoms with Crippen molar-refractivity contribution in [1.82, 2.24) is 10.6 Å². The van der Waals surface area contributed by atoms with Gasteiger partial charge in [0.05, 0.1) is 0 Å². The molecule has 1 atom stereocenters. The summed E-state index contributed by atoms with van der Waals surface area (Å²) in [4.78, 5) is 4.85. The second-order valence-corrected chi connectivity index (χ2v) is 6.14. The van der Waals surface area contributed by atoms with Gasteiger partial charge in [0.15, 0.2) is 5.96 Å². The molecule has 0 aromatic heterocycles. The minimum Gasteiger partial charge on any atom is -0.357 e. The van der Waals surface area contributed by atoms with Crippen LogP contribution in [0.5, 0.6) is 0 Å². The van der Waals surface area contributed by atoms with Gasteiger partial charge in [0.1, 0.15) is 0 Å². The van der Waals surface area contributed by atoms with E-state index in [0.717, 1.165) is 31.4 Å². The van der Waals surface area contributed by atoms with Crippen LogP contribution >= 0.6 is 24.0 Å². The molecule has 112 valence electrons. The topological polar surface area (TPSA) is 36.4 Å². The lowest BCUT2D eigenvalue weighted by atomic mass is 9.65.